The summed E-state index contributed by atoms with van der Waals surface area (Å²) in [7, 11) is -2.58. The predicted octanol–water partition coefficient (Wildman–Crippen LogP) is 11.3. The largest absolute Gasteiger partial charge is 0.480 e. The third kappa shape index (κ3) is 7.88. The highest BCUT2D eigenvalue weighted by Crippen LogP contribution is 2.59. The number of rotatable bonds is 13. The number of pyridine rings is 1. The Balaban J connectivity index is 1.08. The lowest BCUT2D eigenvalue weighted by molar-refractivity contribution is 0.397. The number of nitriles is 1. The third-order valence-electron chi connectivity index (χ3n) is 11.8. The number of hydrogen-bond donors (Lipinski definition) is 0. The van der Waals surface area contributed by atoms with Crippen LogP contribution >= 0.6 is 14.5 Å². The van der Waals surface area contributed by atoms with Crippen molar-refractivity contribution < 1.29 is 4.74 Å². The van der Waals surface area contributed by atoms with Crippen molar-refractivity contribution in [2.75, 3.05) is 7.11 Å². The number of methoxy groups -OCH3 is 1. The van der Waals surface area contributed by atoms with Crippen LogP contribution < -0.4 is 36.6 Å². The first kappa shape index (κ1) is 40.5. The van der Waals surface area contributed by atoms with Gasteiger partial charge in [0.1, 0.15) is 58.0 Å². The summed E-state index contributed by atoms with van der Waals surface area (Å²) < 4.78 is 5.81. The van der Waals surface area contributed by atoms with Crippen LogP contribution in [-0.2, 0) is 12.3 Å². The molecule has 0 N–H and O–H groups in total. The minimum absolute atomic E-state index is 0.317. The molecule has 1 aromatic heterocycles. The van der Waals surface area contributed by atoms with Crippen molar-refractivity contribution >= 4 is 46.4 Å². The zero-order chi connectivity index (χ0) is 42.2. The molecule has 0 saturated carbocycles. The molecule has 3 nitrogen and oxygen atoms in total. The zero-order valence-electron chi connectivity index (χ0n) is 34.6. The maximum atomic E-state index is 10.5. The first-order valence-corrected chi connectivity index (χ1v) is 24.8. The first-order valence-electron chi connectivity index (χ1n) is 20.9. The number of ether oxygens (including phenoxy) is 1. The standard InChI is InChI=1S/C57H46N2OP2/c1-60-57-55(41-58)54(46-36-32-44(33-37-46)42-61(48-20-8-2-9-21-48,49-22-10-3-11-23-49)50-24-12-4-13-25-50)40-56(59-57)47-38-34-45(35-39-47)43-62(51-26-14-5-15-27-51,52-28-16-6-17-29-52)53-30-18-7-19-31-53/h2-40H,42-43H2,1H3/q+2. The van der Waals surface area contributed by atoms with Crippen LogP contribution in [0.2, 0.25) is 0 Å². The van der Waals surface area contributed by atoms with Gasteiger partial charge in [0, 0.05) is 11.1 Å². The summed E-state index contributed by atoms with van der Waals surface area (Å²) in [5.41, 5.74) is 6.34. The van der Waals surface area contributed by atoms with Gasteiger partial charge in [0.25, 0.3) is 0 Å². The molecule has 0 bridgehead atoms. The van der Waals surface area contributed by atoms with Gasteiger partial charge in [-0.2, -0.15) is 5.26 Å². The fourth-order valence-electron chi connectivity index (χ4n) is 8.81. The molecule has 9 rings (SSSR count). The van der Waals surface area contributed by atoms with Crippen molar-refractivity contribution in [3.8, 4) is 34.3 Å². The van der Waals surface area contributed by atoms with E-state index in [4.69, 9.17) is 9.72 Å². The molecule has 0 unspecified atom stereocenters. The quantitative estimate of drug-likeness (QED) is 0.109. The van der Waals surface area contributed by atoms with Gasteiger partial charge in [-0.15, -0.1) is 0 Å². The normalized spacial score (nSPS) is 11.4. The smallest absolute Gasteiger partial charge is 0.232 e. The minimum atomic E-state index is -2.09. The molecule has 8 aromatic carbocycles. The van der Waals surface area contributed by atoms with Crippen molar-refractivity contribution in [2.24, 2.45) is 0 Å². The highest BCUT2D eigenvalue weighted by molar-refractivity contribution is 7.95. The van der Waals surface area contributed by atoms with Gasteiger partial charge >= 0.3 is 0 Å². The van der Waals surface area contributed by atoms with E-state index in [1.807, 2.05) is 6.07 Å². The first-order chi connectivity index (χ1) is 30.6. The van der Waals surface area contributed by atoms with Gasteiger partial charge in [-0.05, 0) is 95.6 Å². The Kier molecular flexibility index (Phi) is 12.0. The molecule has 5 heteroatoms. The van der Waals surface area contributed by atoms with E-state index in [-0.39, 0.29) is 0 Å². The Hall–Kier alpha value is -6.94. The van der Waals surface area contributed by atoms with E-state index in [0.29, 0.717) is 11.4 Å². The molecular weight excluding hydrogens is 791 g/mol. The van der Waals surface area contributed by atoms with Crippen molar-refractivity contribution in [2.45, 2.75) is 12.3 Å². The highest BCUT2D eigenvalue weighted by Gasteiger charge is 2.46. The van der Waals surface area contributed by atoms with E-state index in [2.05, 4.69) is 237 Å². The van der Waals surface area contributed by atoms with Gasteiger partial charge in [-0.1, -0.05) is 158 Å². The van der Waals surface area contributed by atoms with E-state index in [1.165, 1.54) is 43.0 Å². The van der Waals surface area contributed by atoms with E-state index >= 15 is 0 Å². The molecule has 9 aromatic rings. The molecule has 0 radical (unpaired) electrons. The molecule has 0 fully saturated rings. The van der Waals surface area contributed by atoms with E-state index < -0.39 is 14.5 Å². The van der Waals surface area contributed by atoms with E-state index in [9.17, 15) is 5.26 Å². The number of nitrogens with zero attached hydrogens (tertiary/aromatic N) is 2. The SMILES string of the molecule is COc1nc(-c2ccc(C[P+](c3ccccc3)(c3ccccc3)c3ccccc3)cc2)cc(-c2ccc(C[P+](c3ccccc3)(c3ccccc3)c3ccccc3)cc2)c1C#N. The summed E-state index contributed by atoms with van der Waals surface area (Å²) in [5.74, 6) is 0.317. The molecule has 298 valence electrons. The zero-order valence-corrected chi connectivity index (χ0v) is 36.4. The van der Waals surface area contributed by atoms with Crippen LogP contribution in [0.4, 0.5) is 0 Å². The van der Waals surface area contributed by atoms with Crippen LogP contribution in [0.3, 0.4) is 0 Å². The van der Waals surface area contributed by atoms with Crippen molar-refractivity contribution in [3.63, 3.8) is 0 Å². The Morgan fingerprint density at radius 3 is 1.02 bits per heavy atom. The Labute approximate surface area is 366 Å². The molecule has 0 amide bonds. The fraction of sp³-hybridized carbons (Fsp3) is 0.0526. The number of benzene rings is 8. The molecule has 0 aliphatic rings. The van der Waals surface area contributed by atoms with Gasteiger partial charge in [-0.3, -0.25) is 0 Å². The van der Waals surface area contributed by atoms with Crippen LogP contribution in [-0.4, -0.2) is 12.1 Å². The topological polar surface area (TPSA) is 45.9 Å². The van der Waals surface area contributed by atoms with Crippen LogP contribution in [0.5, 0.6) is 5.88 Å². The summed E-state index contributed by atoms with van der Waals surface area (Å²) >= 11 is 0. The Morgan fingerprint density at radius 1 is 0.419 bits per heavy atom. The van der Waals surface area contributed by atoms with Crippen LogP contribution in [0.25, 0.3) is 22.4 Å². The van der Waals surface area contributed by atoms with E-state index in [0.717, 1.165) is 34.7 Å². The molecular formula is C57H46N2OP2+2. The average molecular weight is 837 g/mol. The second kappa shape index (κ2) is 18.4. The molecule has 0 aliphatic carbocycles. The van der Waals surface area contributed by atoms with Crippen LogP contribution in [0, 0.1) is 11.3 Å². The Morgan fingerprint density at radius 2 is 0.726 bits per heavy atom. The second-order valence-electron chi connectivity index (χ2n) is 15.4. The van der Waals surface area contributed by atoms with Gasteiger partial charge in [-0.25, -0.2) is 4.98 Å². The average Bonchev–Trinajstić information content (AvgIpc) is 3.36. The third-order valence-corrected chi connectivity index (χ3v) is 20.6. The van der Waals surface area contributed by atoms with E-state index in [1.54, 1.807) is 7.11 Å². The van der Waals surface area contributed by atoms with Crippen LogP contribution in [0.15, 0.2) is 237 Å². The maximum Gasteiger partial charge on any atom is 0.232 e. The molecule has 0 atom stereocenters. The van der Waals surface area contributed by atoms with Gasteiger partial charge < -0.3 is 4.74 Å². The molecule has 0 saturated heterocycles. The molecule has 0 spiro atoms. The monoisotopic (exact) mass is 836 g/mol. The van der Waals surface area contributed by atoms with Gasteiger partial charge in [0.05, 0.1) is 25.1 Å². The van der Waals surface area contributed by atoms with Crippen molar-refractivity contribution in [3.05, 3.63) is 253 Å². The molecule has 1 heterocycles. The summed E-state index contributed by atoms with van der Waals surface area (Å²) in [4.78, 5) is 4.90. The lowest BCUT2D eigenvalue weighted by atomic mass is 9.98. The Bertz CT molecular complexity index is 2710. The highest BCUT2D eigenvalue weighted by atomic mass is 31.2. The van der Waals surface area contributed by atoms with Gasteiger partial charge in [0.2, 0.25) is 5.88 Å². The second-order valence-corrected chi connectivity index (χ2v) is 22.4. The van der Waals surface area contributed by atoms with Crippen LogP contribution in [0.1, 0.15) is 16.7 Å². The van der Waals surface area contributed by atoms with Crippen molar-refractivity contribution in [1.82, 2.24) is 4.98 Å². The summed E-state index contributed by atoms with van der Waals surface area (Å²) in [6.45, 7) is 0. The number of aromatic nitrogens is 1. The molecule has 0 aliphatic heterocycles. The lowest BCUT2D eigenvalue weighted by Crippen LogP contribution is -2.32. The minimum Gasteiger partial charge on any atom is -0.480 e. The summed E-state index contributed by atoms with van der Waals surface area (Å²) in [5, 5.41) is 18.6. The fourth-order valence-corrected chi connectivity index (χ4v) is 17.3. The summed E-state index contributed by atoms with van der Waals surface area (Å²) in [6, 6.07) is 87.8. The van der Waals surface area contributed by atoms with Crippen molar-refractivity contribution in [1.29, 1.82) is 5.26 Å². The molecule has 62 heavy (non-hydrogen) atoms. The maximum absolute atomic E-state index is 10.5. The van der Waals surface area contributed by atoms with Gasteiger partial charge in [0.15, 0.2) is 0 Å². The lowest BCUT2D eigenvalue weighted by Gasteiger charge is -2.28. The number of hydrogen-bond acceptors (Lipinski definition) is 3. The predicted molar refractivity (Wildman–Crippen MR) is 264 cm³/mol. The summed E-state index contributed by atoms with van der Waals surface area (Å²) in [6.07, 6.45) is 1.73.